The van der Waals surface area contributed by atoms with Gasteiger partial charge in [-0.25, -0.2) is 14.8 Å². The topological polar surface area (TPSA) is 94.0 Å². The van der Waals surface area contributed by atoms with E-state index in [1.165, 1.54) is 0 Å². The highest BCUT2D eigenvalue weighted by Crippen LogP contribution is 2.24. The van der Waals surface area contributed by atoms with Gasteiger partial charge in [0.05, 0.1) is 11.4 Å². The number of alkyl carbamates (subject to hydrolysis) is 1. The van der Waals surface area contributed by atoms with Crippen LogP contribution in [0.15, 0.2) is 12.3 Å². The van der Waals surface area contributed by atoms with Crippen LogP contribution in [0.5, 0.6) is 0 Å². The average Bonchev–Trinajstić information content (AvgIpc) is 2.93. The molecule has 0 aliphatic heterocycles. The average molecular weight is 389 g/mol. The molecule has 0 fully saturated rings. The van der Waals surface area contributed by atoms with Crippen molar-refractivity contribution in [3.63, 3.8) is 0 Å². The molecular formula is C20H32N6O2. The van der Waals surface area contributed by atoms with E-state index in [2.05, 4.69) is 46.5 Å². The lowest BCUT2D eigenvalue weighted by Gasteiger charge is -2.20. The van der Waals surface area contributed by atoms with Crippen molar-refractivity contribution in [1.29, 1.82) is 0 Å². The quantitative estimate of drug-likeness (QED) is 0.808. The van der Waals surface area contributed by atoms with Crippen molar-refractivity contribution in [2.24, 2.45) is 7.05 Å². The van der Waals surface area contributed by atoms with Gasteiger partial charge < -0.3 is 15.4 Å². The molecule has 1 amide bonds. The minimum absolute atomic E-state index is 0.0374. The molecule has 2 N–H and O–H groups in total. The van der Waals surface area contributed by atoms with Gasteiger partial charge in [0.1, 0.15) is 11.4 Å². The van der Waals surface area contributed by atoms with E-state index in [0.717, 1.165) is 29.2 Å². The molecule has 28 heavy (non-hydrogen) atoms. The van der Waals surface area contributed by atoms with E-state index in [1.54, 1.807) is 10.9 Å². The van der Waals surface area contributed by atoms with Crippen LogP contribution in [0.3, 0.4) is 0 Å². The molecule has 0 saturated heterocycles. The third kappa shape index (κ3) is 5.94. The van der Waals surface area contributed by atoms with Crippen molar-refractivity contribution in [2.75, 3.05) is 5.32 Å². The minimum Gasteiger partial charge on any atom is -0.444 e. The second-order valence-electron chi connectivity index (χ2n) is 8.79. The van der Waals surface area contributed by atoms with E-state index in [9.17, 15) is 4.79 Å². The van der Waals surface area contributed by atoms with Crippen LogP contribution in [0.25, 0.3) is 0 Å². The maximum atomic E-state index is 11.9. The van der Waals surface area contributed by atoms with E-state index in [1.807, 2.05) is 40.8 Å². The van der Waals surface area contributed by atoms with Crippen LogP contribution < -0.4 is 10.6 Å². The molecule has 0 bridgehead atoms. The Morgan fingerprint density at radius 2 is 1.89 bits per heavy atom. The van der Waals surface area contributed by atoms with E-state index < -0.39 is 11.7 Å². The molecule has 2 aromatic rings. The Morgan fingerprint density at radius 3 is 2.43 bits per heavy atom. The Balaban J connectivity index is 2.11. The largest absolute Gasteiger partial charge is 0.444 e. The van der Waals surface area contributed by atoms with Gasteiger partial charge in [-0.15, -0.1) is 0 Å². The Kier molecular flexibility index (Phi) is 6.31. The summed E-state index contributed by atoms with van der Waals surface area (Å²) in [7, 11) is 1.89. The Morgan fingerprint density at radius 1 is 1.21 bits per heavy atom. The molecule has 154 valence electrons. The first kappa shape index (κ1) is 21.7. The summed E-state index contributed by atoms with van der Waals surface area (Å²) in [5.41, 5.74) is 2.15. The molecular weight excluding hydrogens is 356 g/mol. The van der Waals surface area contributed by atoms with Gasteiger partial charge >= 0.3 is 6.09 Å². The number of ether oxygens (including phenoxy) is 1. The van der Waals surface area contributed by atoms with Crippen molar-refractivity contribution in [3.8, 4) is 0 Å². The van der Waals surface area contributed by atoms with Gasteiger partial charge in [-0.1, -0.05) is 27.7 Å². The number of rotatable bonds is 5. The van der Waals surface area contributed by atoms with E-state index >= 15 is 0 Å². The molecule has 0 spiro atoms. The lowest BCUT2D eigenvalue weighted by Crippen LogP contribution is -2.32. The van der Waals surface area contributed by atoms with Crippen molar-refractivity contribution >= 4 is 17.9 Å². The number of hydrogen-bond acceptors (Lipinski definition) is 6. The summed E-state index contributed by atoms with van der Waals surface area (Å²) in [5, 5.41) is 10.5. The van der Waals surface area contributed by atoms with Crippen molar-refractivity contribution in [1.82, 2.24) is 25.1 Å². The summed E-state index contributed by atoms with van der Waals surface area (Å²) in [6.07, 6.45) is 2.00. The predicted octanol–water partition coefficient (Wildman–Crippen LogP) is 3.84. The maximum Gasteiger partial charge on any atom is 0.407 e. The highest BCUT2D eigenvalue weighted by Gasteiger charge is 2.20. The lowest BCUT2D eigenvalue weighted by atomic mass is 9.92. The number of hydrogen-bond donors (Lipinski definition) is 2. The minimum atomic E-state index is -0.531. The van der Waals surface area contributed by atoms with Crippen molar-refractivity contribution in [3.05, 3.63) is 29.2 Å². The molecule has 0 radical (unpaired) electrons. The predicted molar refractivity (Wildman–Crippen MR) is 110 cm³/mol. The van der Waals surface area contributed by atoms with Gasteiger partial charge in [-0.05, 0) is 27.2 Å². The molecule has 8 nitrogen and oxygen atoms in total. The molecule has 0 aliphatic carbocycles. The first-order valence-corrected chi connectivity index (χ1v) is 9.52. The lowest BCUT2D eigenvalue weighted by molar-refractivity contribution is 0.0523. The van der Waals surface area contributed by atoms with Crippen LogP contribution in [0, 0.1) is 0 Å². The number of aromatic nitrogens is 4. The summed E-state index contributed by atoms with van der Waals surface area (Å²) in [6.45, 7) is 14.2. The molecule has 0 atom stereocenters. The summed E-state index contributed by atoms with van der Waals surface area (Å²) in [4.78, 5) is 20.9. The second-order valence-corrected chi connectivity index (χ2v) is 8.79. The van der Waals surface area contributed by atoms with Crippen LogP contribution in [0.2, 0.25) is 0 Å². The summed E-state index contributed by atoms with van der Waals surface area (Å²) >= 11 is 0. The second kappa shape index (κ2) is 8.16. The zero-order valence-electron chi connectivity index (χ0n) is 18.2. The summed E-state index contributed by atoms with van der Waals surface area (Å²) < 4.78 is 7.05. The Labute approximate surface area is 167 Å². The number of carbonyl (C=O) groups excluding carboxylic acids is 1. The van der Waals surface area contributed by atoms with Gasteiger partial charge in [0.25, 0.3) is 0 Å². The van der Waals surface area contributed by atoms with Gasteiger partial charge in [0.15, 0.2) is 0 Å². The third-order valence-electron chi connectivity index (χ3n) is 4.00. The fourth-order valence-corrected chi connectivity index (χ4v) is 2.50. The zero-order chi connectivity index (χ0) is 21.1. The molecule has 2 rings (SSSR count). The van der Waals surface area contributed by atoms with Crippen LogP contribution in [-0.2, 0) is 30.2 Å². The van der Waals surface area contributed by atoms with Crippen LogP contribution in [0.1, 0.15) is 65.4 Å². The van der Waals surface area contributed by atoms with Gasteiger partial charge in [-0.3, -0.25) is 4.68 Å². The van der Waals surface area contributed by atoms with Gasteiger partial charge in [0.2, 0.25) is 5.95 Å². The standard InChI is InChI=1S/C20H32N6O2/c1-9-14-13(12-22-18(27)28-20(5,6)7)11-21-17(23-14)24-16-10-15(19(2,3)4)25-26(16)8/h10-11H,9,12H2,1-8H3,(H,22,27)(H,21,23,24). The maximum absolute atomic E-state index is 11.9. The zero-order valence-corrected chi connectivity index (χ0v) is 18.2. The monoisotopic (exact) mass is 388 g/mol. The number of aryl methyl sites for hydroxylation is 2. The van der Waals surface area contributed by atoms with Crippen molar-refractivity contribution < 1.29 is 9.53 Å². The van der Waals surface area contributed by atoms with Crippen LogP contribution in [0.4, 0.5) is 16.6 Å². The number of anilines is 2. The first-order valence-electron chi connectivity index (χ1n) is 9.52. The fourth-order valence-electron chi connectivity index (χ4n) is 2.50. The molecule has 2 aromatic heterocycles. The Bertz CT molecular complexity index is 830. The number of nitrogens with one attached hydrogen (secondary N) is 2. The normalized spacial score (nSPS) is 12.0. The van der Waals surface area contributed by atoms with Gasteiger partial charge in [-0.2, -0.15) is 5.10 Å². The van der Waals surface area contributed by atoms with E-state index in [4.69, 9.17) is 4.74 Å². The van der Waals surface area contributed by atoms with Crippen molar-refractivity contribution in [2.45, 2.75) is 72.4 Å². The van der Waals surface area contributed by atoms with E-state index in [-0.39, 0.29) is 5.41 Å². The summed E-state index contributed by atoms with van der Waals surface area (Å²) in [6, 6.07) is 2.01. The molecule has 0 aromatic carbocycles. The molecule has 0 aliphatic rings. The van der Waals surface area contributed by atoms with E-state index in [0.29, 0.717) is 12.5 Å². The highest BCUT2D eigenvalue weighted by atomic mass is 16.6. The number of carbonyl (C=O) groups is 1. The summed E-state index contributed by atoms with van der Waals surface area (Å²) in [5.74, 6) is 1.33. The Hall–Kier alpha value is -2.64. The van der Waals surface area contributed by atoms with Crippen LogP contribution in [-0.4, -0.2) is 31.4 Å². The SMILES string of the molecule is CCc1nc(Nc2cc(C(C)(C)C)nn2C)ncc1CNC(=O)OC(C)(C)C. The third-order valence-corrected chi connectivity index (χ3v) is 4.00. The van der Waals surface area contributed by atoms with Gasteiger partial charge in [0, 0.05) is 36.8 Å². The highest BCUT2D eigenvalue weighted by molar-refractivity contribution is 5.67. The molecule has 2 heterocycles. The first-order chi connectivity index (χ1) is 12.9. The number of amides is 1. The smallest absolute Gasteiger partial charge is 0.407 e. The number of nitrogens with zero attached hydrogens (tertiary/aromatic N) is 4. The fraction of sp³-hybridized carbons (Fsp3) is 0.600. The van der Waals surface area contributed by atoms with Crippen LogP contribution >= 0.6 is 0 Å². The molecule has 8 heteroatoms. The molecule has 0 unspecified atom stereocenters. The molecule has 0 saturated carbocycles.